The Hall–Kier alpha value is -2.86. The highest BCUT2D eigenvalue weighted by Gasteiger charge is 2.43. The van der Waals surface area contributed by atoms with Gasteiger partial charge in [-0.2, -0.15) is 0 Å². The van der Waals surface area contributed by atoms with E-state index < -0.39 is 12.1 Å². The molecule has 2 amide bonds. The van der Waals surface area contributed by atoms with E-state index in [0.29, 0.717) is 19.5 Å². The fraction of sp³-hybridized carbons (Fsp3) is 0.391. The maximum atomic E-state index is 12.9. The van der Waals surface area contributed by atoms with Crippen molar-refractivity contribution in [1.82, 2.24) is 15.1 Å². The van der Waals surface area contributed by atoms with Crippen LogP contribution >= 0.6 is 0 Å². The zero-order chi connectivity index (χ0) is 20.2. The Morgan fingerprint density at radius 3 is 2.48 bits per heavy atom. The number of rotatable bonds is 6. The number of hydrogen-bond donors (Lipinski definition) is 2. The summed E-state index contributed by atoms with van der Waals surface area (Å²) in [6, 6.07) is 16.2. The molecule has 2 aromatic rings. The van der Waals surface area contributed by atoms with Crippen LogP contribution in [0.5, 0.6) is 5.75 Å². The van der Waals surface area contributed by atoms with E-state index in [1.807, 2.05) is 6.07 Å². The fourth-order valence-corrected chi connectivity index (χ4v) is 4.22. The summed E-state index contributed by atoms with van der Waals surface area (Å²) in [5.41, 5.74) is 2.24. The van der Waals surface area contributed by atoms with Crippen LogP contribution in [0.25, 0.3) is 0 Å². The average molecular weight is 393 g/mol. The van der Waals surface area contributed by atoms with Crippen molar-refractivity contribution in [2.75, 3.05) is 26.2 Å². The van der Waals surface area contributed by atoms with Gasteiger partial charge in [-0.05, 0) is 42.6 Å². The minimum absolute atomic E-state index is 0.00777. The summed E-state index contributed by atoms with van der Waals surface area (Å²) < 4.78 is 0. The van der Waals surface area contributed by atoms with Crippen molar-refractivity contribution in [2.45, 2.75) is 31.3 Å². The van der Waals surface area contributed by atoms with Gasteiger partial charge in [-0.1, -0.05) is 42.5 Å². The Balaban J connectivity index is 1.31. The number of nitrogens with zero attached hydrogens (tertiary/aromatic N) is 2. The van der Waals surface area contributed by atoms with Crippen molar-refractivity contribution in [1.29, 1.82) is 0 Å². The Bertz CT molecular complexity index is 853. The predicted octanol–water partition coefficient (Wildman–Crippen LogP) is 1.58. The van der Waals surface area contributed by atoms with E-state index in [9.17, 15) is 14.7 Å². The third-order valence-electron chi connectivity index (χ3n) is 5.82. The average Bonchev–Trinajstić information content (AvgIpc) is 2.74. The first-order valence-electron chi connectivity index (χ1n) is 10.3. The van der Waals surface area contributed by atoms with Crippen LogP contribution in [-0.2, 0) is 22.4 Å². The van der Waals surface area contributed by atoms with Gasteiger partial charge in [-0.3, -0.25) is 14.5 Å². The molecule has 2 atom stereocenters. The highest BCUT2D eigenvalue weighted by molar-refractivity contribution is 5.97. The Morgan fingerprint density at radius 1 is 0.966 bits per heavy atom. The van der Waals surface area contributed by atoms with Crippen LogP contribution in [-0.4, -0.2) is 65.0 Å². The molecule has 6 nitrogen and oxygen atoms in total. The van der Waals surface area contributed by atoms with Crippen molar-refractivity contribution < 1.29 is 14.7 Å². The molecule has 6 heteroatoms. The molecule has 2 aromatic carbocycles. The molecule has 152 valence electrons. The number of benzene rings is 2. The molecule has 0 unspecified atom stereocenters. The van der Waals surface area contributed by atoms with Gasteiger partial charge in [0.25, 0.3) is 0 Å². The monoisotopic (exact) mass is 393 g/mol. The molecule has 2 aliphatic rings. The van der Waals surface area contributed by atoms with E-state index in [1.165, 1.54) is 5.56 Å². The highest BCUT2D eigenvalue weighted by Crippen LogP contribution is 2.20. The van der Waals surface area contributed by atoms with Gasteiger partial charge >= 0.3 is 0 Å². The van der Waals surface area contributed by atoms with Gasteiger partial charge < -0.3 is 15.3 Å². The fourth-order valence-electron chi connectivity index (χ4n) is 4.22. The van der Waals surface area contributed by atoms with Gasteiger partial charge in [0.2, 0.25) is 11.8 Å². The van der Waals surface area contributed by atoms with Gasteiger partial charge in [-0.15, -0.1) is 0 Å². The first-order valence-corrected chi connectivity index (χ1v) is 10.3. The number of amides is 2. The molecule has 29 heavy (non-hydrogen) atoms. The lowest BCUT2D eigenvalue weighted by atomic mass is 9.98. The molecule has 0 spiro atoms. The van der Waals surface area contributed by atoms with Crippen LogP contribution in [0, 0.1) is 0 Å². The van der Waals surface area contributed by atoms with Crippen molar-refractivity contribution in [3.05, 3.63) is 65.7 Å². The van der Waals surface area contributed by atoms with Crippen molar-refractivity contribution in [3.63, 3.8) is 0 Å². The van der Waals surface area contributed by atoms with Gasteiger partial charge in [0.1, 0.15) is 17.8 Å². The minimum atomic E-state index is -0.534. The summed E-state index contributed by atoms with van der Waals surface area (Å²) >= 11 is 0. The third-order valence-corrected chi connectivity index (χ3v) is 5.82. The largest absolute Gasteiger partial charge is 0.508 e. The van der Waals surface area contributed by atoms with Crippen LogP contribution in [0.15, 0.2) is 54.6 Å². The first-order chi connectivity index (χ1) is 14.1. The van der Waals surface area contributed by atoms with E-state index in [4.69, 9.17) is 0 Å². The second-order valence-corrected chi connectivity index (χ2v) is 7.87. The number of piperazine rings is 2. The molecule has 0 bridgehead atoms. The van der Waals surface area contributed by atoms with E-state index in [-0.39, 0.29) is 17.6 Å². The van der Waals surface area contributed by atoms with E-state index >= 15 is 0 Å². The lowest BCUT2D eigenvalue weighted by Gasteiger charge is -2.45. The van der Waals surface area contributed by atoms with Crippen LogP contribution in [0.2, 0.25) is 0 Å². The molecule has 0 aliphatic carbocycles. The standard InChI is InChI=1S/C23H27N3O3/c27-19-10-8-18(9-11-19)15-20-23(29)26-14-13-25(16-21(26)22(28)24-20)12-4-7-17-5-2-1-3-6-17/h1-3,5-6,8-11,20-21,27H,4,7,12-16H2,(H,24,28)/t20-,21+/m0/s1. The van der Waals surface area contributed by atoms with E-state index in [2.05, 4.69) is 34.5 Å². The summed E-state index contributed by atoms with van der Waals surface area (Å²) in [5.74, 6) is 0.115. The normalized spacial score (nSPS) is 22.3. The topological polar surface area (TPSA) is 72.9 Å². The van der Waals surface area contributed by atoms with Crippen molar-refractivity contribution >= 4 is 11.8 Å². The SMILES string of the molecule is O=C1N[C@@H](Cc2ccc(O)cc2)C(=O)N2CCN(CCCc3ccccc3)C[C@H]12. The zero-order valence-electron chi connectivity index (χ0n) is 16.5. The lowest BCUT2D eigenvalue weighted by molar-refractivity contribution is -0.152. The molecule has 2 aliphatic heterocycles. The van der Waals surface area contributed by atoms with Gasteiger partial charge in [-0.25, -0.2) is 0 Å². The maximum Gasteiger partial charge on any atom is 0.246 e. The van der Waals surface area contributed by atoms with Crippen LogP contribution in [0.4, 0.5) is 0 Å². The second kappa shape index (κ2) is 8.66. The number of nitrogens with one attached hydrogen (secondary N) is 1. The molecular formula is C23H27N3O3. The molecule has 2 fully saturated rings. The first kappa shape index (κ1) is 19.5. The third kappa shape index (κ3) is 4.59. The Morgan fingerprint density at radius 2 is 1.72 bits per heavy atom. The van der Waals surface area contributed by atoms with Crippen LogP contribution in [0.3, 0.4) is 0 Å². The second-order valence-electron chi connectivity index (χ2n) is 7.87. The molecule has 0 aromatic heterocycles. The molecular weight excluding hydrogens is 366 g/mol. The van der Waals surface area contributed by atoms with Gasteiger partial charge in [0.05, 0.1) is 0 Å². The Labute approximate surface area is 171 Å². The van der Waals surface area contributed by atoms with E-state index in [0.717, 1.165) is 31.5 Å². The summed E-state index contributed by atoms with van der Waals surface area (Å²) in [5, 5.41) is 12.3. The quantitative estimate of drug-likeness (QED) is 0.782. The molecule has 2 heterocycles. The van der Waals surface area contributed by atoms with Crippen LogP contribution in [0.1, 0.15) is 17.5 Å². The summed E-state index contributed by atoms with van der Waals surface area (Å²) in [6.07, 6.45) is 2.50. The van der Waals surface area contributed by atoms with E-state index in [1.54, 1.807) is 29.2 Å². The van der Waals surface area contributed by atoms with Gasteiger partial charge in [0, 0.05) is 26.1 Å². The minimum Gasteiger partial charge on any atom is -0.508 e. The lowest BCUT2D eigenvalue weighted by Crippen LogP contribution is -2.69. The number of aromatic hydroxyl groups is 1. The molecule has 2 saturated heterocycles. The predicted molar refractivity (Wildman–Crippen MR) is 110 cm³/mol. The number of fused-ring (bicyclic) bond motifs is 1. The number of phenolic OH excluding ortho intramolecular Hbond substituents is 1. The van der Waals surface area contributed by atoms with Crippen molar-refractivity contribution in [2.24, 2.45) is 0 Å². The maximum absolute atomic E-state index is 12.9. The summed E-state index contributed by atoms with van der Waals surface area (Å²) in [6.45, 7) is 2.92. The van der Waals surface area contributed by atoms with Crippen LogP contribution < -0.4 is 5.32 Å². The highest BCUT2D eigenvalue weighted by atomic mass is 16.3. The summed E-state index contributed by atoms with van der Waals surface area (Å²) in [7, 11) is 0. The number of carbonyl (C=O) groups excluding carboxylic acids is 2. The molecule has 4 rings (SSSR count). The van der Waals surface area contributed by atoms with Crippen molar-refractivity contribution in [3.8, 4) is 5.75 Å². The number of hydrogen-bond acceptors (Lipinski definition) is 4. The molecule has 0 saturated carbocycles. The smallest absolute Gasteiger partial charge is 0.246 e. The van der Waals surface area contributed by atoms with Gasteiger partial charge in [0.15, 0.2) is 0 Å². The number of phenols is 1. The number of aryl methyl sites for hydroxylation is 1. The number of carbonyl (C=O) groups is 2. The molecule has 2 N–H and O–H groups in total. The Kier molecular flexibility index (Phi) is 5.81. The summed E-state index contributed by atoms with van der Waals surface area (Å²) in [4.78, 5) is 29.7. The zero-order valence-corrected chi connectivity index (χ0v) is 16.5. The molecule has 0 radical (unpaired) electrons.